The quantitative estimate of drug-likeness (QED) is 0.893. The van der Waals surface area contributed by atoms with Gasteiger partial charge in [-0.15, -0.1) is 0 Å². The smallest absolute Gasteiger partial charge is 0.118 e. The second-order valence-corrected chi connectivity index (χ2v) is 4.58. The molecule has 2 rings (SSSR count). The van der Waals surface area contributed by atoms with Crippen molar-refractivity contribution >= 4 is 0 Å². The first-order valence-electron chi connectivity index (χ1n) is 6.36. The van der Waals surface area contributed by atoms with Gasteiger partial charge < -0.3 is 10.5 Å². The van der Waals surface area contributed by atoms with Gasteiger partial charge in [-0.3, -0.25) is 9.97 Å². The fourth-order valence-corrected chi connectivity index (χ4v) is 1.86. The monoisotopic (exact) mass is 257 g/mol. The summed E-state index contributed by atoms with van der Waals surface area (Å²) in [5.41, 5.74) is 9.12. The molecule has 4 heteroatoms. The second kappa shape index (κ2) is 6.29. The largest absolute Gasteiger partial charge is 0.497 e. The van der Waals surface area contributed by atoms with E-state index in [0.717, 1.165) is 30.0 Å². The molecular formula is C15H19N3O. The summed E-state index contributed by atoms with van der Waals surface area (Å²) in [5, 5.41) is 0. The molecule has 2 N–H and O–H groups in total. The predicted octanol–water partition coefficient (Wildman–Crippen LogP) is 2.43. The van der Waals surface area contributed by atoms with Crippen LogP contribution in [0, 0.1) is 6.92 Å². The van der Waals surface area contributed by atoms with E-state index in [9.17, 15) is 0 Å². The van der Waals surface area contributed by atoms with Crippen molar-refractivity contribution in [3.63, 3.8) is 0 Å². The summed E-state index contributed by atoms with van der Waals surface area (Å²) < 4.78 is 5.13. The minimum Gasteiger partial charge on any atom is -0.497 e. The van der Waals surface area contributed by atoms with Crippen LogP contribution in [0.15, 0.2) is 36.7 Å². The van der Waals surface area contributed by atoms with Gasteiger partial charge in [0.1, 0.15) is 5.75 Å². The van der Waals surface area contributed by atoms with Crippen LogP contribution in [0.3, 0.4) is 0 Å². The number of nitrogens with two attached hydrogens (primary N) is 1. The van der Waals surface area contributed by atoms with Crippen molar-refractivity contribution in [2.45, 2.75) is 25.8 Å². The maximum absolute atomic E-state index is 6.12. The number of methoxy groups -OCH3 is 1. The number of hydrogen-bond donors (Lipinski definition) is 1. The fourth-order valence-electron chi connectivity index (χ4n) is 1.86. The molecule has 0 aliphatic carbocycles. The van der Waals surface area contributed by atoms with E-state index in [1.165, 1.54) is 5.56 Å². The van der Waals surface area contributed by atoms with Crippen molar-refractivity contribution in [3.05, 3.63) is 53.6 Å². The molecule has 0 saturated heterocycles. The summed E-state index contributed by atoms with van der Waals surface area (Å²) in [6.45, 7) is 1.92. The molecule has 0 aliphatic rings. The summed E-state index contributed by atoms with van der Waals surface area (Å²) >= 11 is 0. The number of ether oxygens (including phenoxy) is 1. The molecule has 1 aromatic carbocycles. The zero-order valence-electron chi connectivity index (χ0n) is 11.3. The Morgan fingerprint density at radius 1 is 1.16 bits per heavy atom. The van der Waals surface area contributed by atoms with Crippen LogP contribution < -0.4 is 10.5 Å². The number of nitrogens with zero attached hydrogens (tertiary/aromatic N) is 2. The van der Waals surface area contributed by atoms with E-state index >= 15 is 0 Å². The van der Waals surface area contributed by atoms with Crippen LogP contribution in [0.4, 0.5) is 0 Å². The van der Waals surface area contributed by atoms with Crippen LogP contribution in [0.5, 0.6) is 5.75 Å². The van der Waals surface area contributed by atoms with Crippen LogP contribution in [0.2, 0.25) is 0 Å². The Hall–Kier alpha value is -1.94. The lowest BCUT2D eigenvalue weighted by Crippen LogP contribution is -2.13. The van der Waals surface area contributed by atoms with E-state index in [-0.39, 0.29) is 6.04 Å². The summed E-state index contributed by atoms with van der Waals surface area (Å²) in [4.78, 5) is 8.53. The van der Waals surface area contributed by atoms with Crippen molar-refractivity contribution in [2.24, 2.45) is 5.73 Å². The van der Waals surface area contributed by atoms with E-state index in [1.807, 2.05) is 19.1 Å². The molecule has 0 aliphatic heterocycles. The minimum atomic E-state index is -0.0739. The second-order valence-electron chi connectivity index (χ2n) is 4.58. The van der Waals surface area contributed by atoms with Crippen molar-refractivity contribution in [1.29, 1.82) is 0 Å². The Morgan fingerprint density at radius 2 is 1.89 bits per heavy atom. The number of benzene rings is 1. The van der Waals surface area contributed by atoms with Gasteiger partial charge in [-0.25, -0.2) is 0 Å². The van der Waals surface area contributed by atoms with Gasteiger partial charge in [0.15, 0.2) is 0 Å². The van der Waals surface area contributed by atoms with Crippen LogP contribution >= 0.6 is 0 Å². The van der Waals surface area contributed by atoms with Crippen molar-refractivity contribution < 1.29 is 4.74 Å². The average molecular weight is 257 g/mol. The zero-order valence-corrected chi connectivity index (χ0v) is 11.3. The van der Waals surface area contributed by atoms with Gasteiger partial charge in [-0.1, -0.05) is 12.1 Å². The third-order valence-corrected chi connectivity index (χ3v) is 3.08. The molecule has 0 bridgehead atoms. The van der Waals surface area contributed by atoms with Crippen molar-refractivity contribution in [1.82, 2.24) is 9.97 Å². The van der Waals surface area contributed by atoms with E-state index in [0.29, 0.717) is 0 Å². The summed E-state index contributed by atoms with van der Waals surface area (Å²) in [7, 11) is 1.67. The van der Waals surface area contributed by atoms with Gasteiger partial charge in [0.2, 0.25) is 0 Å². The minimum absolute atomic E-state index is 0.0739. The third-order valence-electron chi connectivity index (χ3n) is 3.08. The lowest BCUT2D eigenvalue weighted by Gasteiger charge is -2.11. The molecule has 1 heterocycles. The molecule has 2 aromatic rings. The Balaban J connectivity index is 1.92. The molecule has 1 atom stereocenters. The summed E-state index contributed by atoms with van der Waals surface area (Å²) in [6.07, 6.45) is 5.28. The highest BCUT2D eigenvalue weighted by Gasteiger charge is 2.08. The Bertz CT molecular complexity index is 508. The fraction of sp³-hybridized carbons (Fsp3) is 0.333. The van der Waals surface area contributed by atoms with Gasteiger partial charge in [0, 0.05) is 12.2 Å². The molecule has 4 nitrogen and oxygen atoms in total. The molecular weight excluding hydrogens is 238 g/mol. The van der Waals surface area contributed by atoms with Gasteiger partial charge in [0.05, 0.1) is 24.7 Å². The molecule has 0 radical (unpaired) electrons. The van der Waals surface area contributed by atoms with E-state index in [4.69, 9.17) is 10.5 Å². The summed E-state index contributed by atoms with van der Waals surface area (Å²) in [5.74, 6) is 0.873. The maximum Gasteiger partial charge on any atom is 0.118 e. The van der Waals surface area contributed by atoms with Crippen molar-refractivity contribution in [2.75, 3.05) is 7.11 Å². The first-order chi connectivity index (χ1) is 9.19. The summed E-state index contributed by atoms with van der Waals surface area (Å²) in [6, 6.07) is 7.98. The Kier molecular flexibility index (Phi) is 4.47. The maximum atomic E-state index is 6.12. The lowest BCUT2D eigenvalue weighted by atomic mass is 10.0. The number of rotatable bonds is 5. The van der Waals surface area contributed by atoms with Gasteiger partial charge in [0.25, 0.3) is 0 Å². The SMILES string of the molecule is COc1ccc(CCC(N)c2cnc(C)cn2)cc1. The first kappa shape index (κ1) is 13.5. The van der Waals surface area contributed by atoms with Crippen LogP contribution in [-0.2, 0) is 6.42 Å². The molecule has 19 heavy (non-hydrogen) atoms. The molecule has 0 amide bonds. The zero-order chi connectivity index (χ0) is 13.7. The molecule has 100 valence electrons. The normalized spacial score (nSPS) is 12.2. The average Bonchev–Trinajstić information content (AvgIpc) is 2.46. The standard InChI is InChI=1S/C15H19N3O/c1-11-9-18-15(10-17-11)14(16)8-5-12-3-6-13(19-2)7-4-12/h3-4,6-7,9-10,14H,5,8,16H2,1-2H3. The Morgan fingerprint density at radius 3 is 2.47 bits per heavy atom. The molecule has 0 fully saturated rings. The highest BCUT2D eigenvalue weighted by atomic mass is 16.5. The highest BCUT2D eigenvalue weighted by Crippen LogP contribution is 2.17. The number of aryl methyl sites for hydroxylation is 2. The predicted molar refractivity (Wildman–Crippen MR) is 75.0 cm³/mol. The molecule has 0 spiro atoms. The number of aromatic nitrogens is 2. The van der Waals surface area contributed by atoms with Crippen LogP contribution in [0.25, 0.3) is 0 Å². The molecule has 0 saturated carbocycles. The Labute approximate surface area is 113 Å². The van der Waals surface area contributed by atoms with E-state index in [1.54, 1.807) is 19.5 Å². The van der Waals surface area contributed by atoms with Crippen LogP contribution in [0.1, 0.15) is 29.4 Å². The number of hydrogen-bond acceptors (Lipinski definition) is 4. The molecule has 1 aromatic heterocycles. The molecule has 1 unspecified atom stereocenters. The van der Waals surface area contributed by atoms with E-state index in [2.05, 4.69) is 22.1 Å². The topological polar surface area (TPSA) is 61.0 Å². The third kappa shape index (κ3) is 3.76. The van der Waals surface area contributed by atoms with Gasteiger partial charge in [-0.2, -0.15) is 0 Å². The highest BCUT2D eigenvalue weighted by molar-refractivity contribution is 5.27. The van der Waals surface area contributed by atoms with Gasteiger partial charge >= 0.3 is 0 Å². The van der Waals surface area contributed by atoms with Gasteiger partial charge in [-0.05, 0) is 37.5 Å². The lowest BCUT2D eigenvalue weighted by molar-refractivity contribution is 0.414. The van der Waals surface area contributed by atoms with E-state index < -0.39 is 0 Å². The van der Waals surface area contributed by atoms with Crippen LogP contribution in [-0.4, -0.2) is 17.1 Å². The first-order valence-corrected chi connectivity index (χ1v) is 6.36. The van der Waals surface area contributed by atoms with Crippen molar-refractivity contribution in [3.8, 4) is 5.75 Å².